The number of fused-ring (bicyclic) bond motifs is 1. The van der Waals surface area contributed by atoms with Gasteiger partial charge in [-0.05, 0) is 60.5 Å². The fraction of sp³-hybridized carbons (Fsp3) is 0.208. The number of aromatic nitrogens is 1. The predicted octanol–water partition coefficient (Wildman–Crippen LogP) is 3.68. The smallest absolute Gasteiger partial charge is 0.261 e. The molecule has 0 bridgehead atoms. The highest BCUT2D eigenvalue weighted by atomic mass is 32.2. The third-order valence-electron chi connectivity index (χ3n) is 5.34. The minimum absolute atomic E-state index is 0.0637. The van der Waals surface area contributed by atoms with Gasteiger partial charge in [0, 0.05) is 36.2 Å². The van der Waals surface area contributed by atoms with E-state index < -0.39 is 10.0 Å². The molecule has 2 heterocycles. The molecular weight excluding hydrogens is 440 g/mol. The van der Waals surface area contributed by atoms with E-state index in [4.69, 9.17) is 0 Å². The van der Waals surface area contributed by atoms with E-state index in [-0.39, 0.29) is 22.6 Å². The van der Waals surface area contributed by atoms with Gasteiger partial charge < -0.3 is 10.2 Å². The Kier molecular flexibility index (Phi) is 6.15. The van der Waals surface area contributed by atoms with Crippen molar-refractivity contribution in [3.8, 4) is 0 Å². The summed E-state index contributed by atoms with van der Waals surface area (Å²) in [4.78, 5) is 30.4. The number of benzene rings is 2. The number of carbonyl (C=O) groups excluding carboxylic acids is 2. The molecule has 1 aliphatic rings. The van der Waals surface area contributed by atoms with Crippen LogP contribution in [0.4, 0.5) is 17.1 Å². The maximum atomic E-state index is 12.9. The normalized spacial score (nSPS) is 13.0. The molecule has 3 aromatic rings. The highest BCUT2D eigenvalue weighted by Gasteiger charge is 2.26. The van der Waals surface area contributed by atoms with Gasteiger partial charge in [-0.3, -0.25) is 19.3 Å². The molecule has 0 fully saturated rings. The van der Waals surface area contributed by atoms with Crippen molar-refractivity contribution in [2.45, 2.75) is 25.2 Å². The molecule has 2 aromatic carbocycles. The zero-order valence-electron chi connectivity index (χ0n) is 18.3. The van der Waals surface area contributed by atoms with E-state index in [1.807, 2.05) is 6.07 Å². The van der Waals surface area contributed by atoms with Crippen molar-refractivity contribution < 1.29 is 18.0 Å². The van der Waals surface area contributed by atoms with Gasteiger partial charge in [0.05, 0.1) is 16.1 Å². The summed E-state index contributed by atoms with van der Waals surface area (Å²) in [7, 11) is -3.86. The summed E-state index contributed by atoms with van der Waals surface area (Å²) in [5.74, 6) is -0.507. The van der Waals surface area contributed by atoms with Crippen molar-refractivity contribution in [1.82, 2.24) is 4.98 Å². The summed E-state index contributed by atoms with van der Waals surface area (Å²) < 4.78 is 28.4. The number of hydrogen-bond acceptors (Lipinski definition) is 5. The largest absolute Gasteiger partial charge is 0.326 e. The molecule has 33 heavy (non-hydrogen) atoms. The Morgan fingerprint density at radius 2 is 1.76 bits per heavy atom. The van der Waals surface area contributed by atoms with Gasteiger partial charge in [-0.25, -0.2) is 8.42 Å². The molecule has 0 saturated carbocycles. The lowest BCUT2D eigenvalue weighted by Crippen LogP contribution is -2.29. The number of carbonyl (C=O) groups is 2. The number of pyridine rings is 1. The Bertz CT molecular complexity index is 1290. The average Bonchev–Trinajstić information content (AvgIpc) is 3.22. The molecule has 2 N–H and O–H groups in total. The van der Waals surface area contributed by atoms with Gasteiger partial charge in [-0.1, -0.05) is 19.9 Å². The Morgan fingerprint density at radius 3 is 2.42 bits per heavy atom. The first-order chi connectivity index (χ1) is 15.7. The molecule has 2 amide bonds. The molecule has 1 aromatic heterocycles. The fourth-order valence-electron chi connectivity index (χ4n) is 3.52. The van der Waals surface area contributed by atoms with Crippen LogP contribution in [-0.2, 0) is 21.2 Å². The van der Waals surface area contributed by atoms with Crippen LogP contribution in [0.3, 0.4) is 0 Å². The number of sulfonamides is 1. The second-order valence-corrected chi connectivity index (χ2v) is 9.75. The SMILES string of the molecule is CC(C)C(=O)Nc1ccc(S(=O)(=O)Nc2ccc3c(c2)N(C(=O)c2cccnc2)CC3)cc1. The molecule has 9 heteroatoms. The standard InChI is InChI=1S/C24H24N4O4S/c1-16(2)23(29)26-19-7-9-21(10-8-19)33(31,32)27-20-6-5-17-11-13-28(22(17)14-20)24(30)18-4-3-12-25-15-18/h3-10,12,14-16,27H,11,13H2,1-2H3,(H,26,29). The van der Waals surface area contributed by atoms with Crippen LogP contribution in [0.2, 0.25) is 0 Å². The first-order valence-corrected chi connectivity index (χ1v) is 12.0. The van der Waals surface area contributed by atoms with Crippen molar-refractivity contribution in [1.29, 1.82) is 0 Å². The van der Waals surface area contributed by atoms with Crippen LogP contribution in [0.1, 0.15) is 29.8 Å². The summed E-state index contributed by atoms with van der Waals surface area (Å²) in [5.41, 5.74) is 3.00. The molecule has 0 radical (unpaired) electrons. The molecule has 0 saturated heterocycles. The summed E-state index contributed by atoms with van der Waals surface area (Å²) in [6.45, 7) is 4.07. The minimum Gasteiger partial charge on any atom is -0.326 e. The Balaban J connectivity index is 1.53. The highest BCUT2D eigenvalue weighted by Crippen LogP contribution is 2.32. The lowest BCUT2D eigenvalue weighted by atomic mass is 10.1. The molecule has 0 spiro atoms. The lowest BCUT2D eigenvalue weighted by Gasteiger charge is -2.18. The maximum absolute atomic E-state index is 12.9. The third kappa shape index (κ3) is 4.88. The van der Waals surface area contributed by atoms with Crippen molar-refractivity contribution in [3.05, 3.63) is 78.1 Å². The molecule has 0 unspecified atom stereocenters. The quantitative estimate of drug-likeness (QED) is 0.579. The number of hydrogen-bond donors (Lipinski definition) is 2. The van der Waals surface area contributed by atoms with Gasteiger partial charge in [-0.15, -0.1) is 0 Å². The molecule has 1 aliphatic heterocycles. The molecule has 0 atom stereocenters. The second-order valence-electron chi connectivity index (χ2n) is 8.07. The molecule has 0 aliphatic carbocycles. The van der Waals surface area contributed by atoms with Gasteiger partial charge in [0.25, 0.3) is 15.9 Å². The lowest BCUT2D eigenvalue weighted by molar-refractivity contribution is -0.118. The Morgan fingerprint density at radius 1 is 1.03 bits per heavy atom. The predicted molar refractivity (Wildman–Crippen MR) is 127 cm³/mol. The zero-order chi connectivity index (χ0) is 23.6. The van der Waals surface area contributed by atoms with E-state index in [1.54, 1.807) is 61.3 Å². The van der Waals surface area contributed by atoms with Gasteiger partial charge in [-0.2, -0.15) is 0 Å². The van der Waals surface area contributed by atoms with Crippen molar-refractivity contribution in [2.24, 2.45) is 5.92 Å². The number of nitrogens with zero attached hydrogens (tertiary/aromatic N) is 2. The number of rotatable bonds is 6. The first-order valence-electron chi connectivity index (χ1n) is 10.5. The number of nitrogens with one attached hydrogen (secondary N) is 2. The summed E-state index contributed by atoms with van der Waals surface area (Å²) in [6.07, 6.45) is 3.81. The van der Waals surface area contributed by atoms with Gasteiger partial charge >= 0.3 is 0 Å². The van der Waals surface area contributed by atoms with Gasteiger partial charge in [0.15, 0.2) is 0 Å². The zero-order valence-corrected chi connectivity index (χ0v) is 19.1. The number of amides is 2. The molecular formula is C24H24N4O4S. The van der Waals surface area contributed by atoms with Crippen LogP contribution in [-0.4, -0.2) is 31.8 Å². The van der Waals surface area contributed by atoms with Crippen molar-refractivity contribution in [3.63, 3.8) is 0 Å². The highest BCUT2D eigenvalue weighted by molar-refractivity contribution is 7.92. The molecule has 4 rings (SSSR count). The fourth-order valence-corrected chi connectivity index (χ4v) is 4.57. The van der Waals surface area contributed by atoms with Crippen LogP contribution in [0.25, 0.3) is 0 Å². The van der Waals surface area contributed by atoms with Crippen LogP contribution in [0, 0.1) is 5.92 Å². The topological polar surface area (TPSA) is 108 Å². The van der Waals surface area contributed by atoms with E-state index in [0.717, 1.165) is 5.56 Å². The van der Waals surface area contributed by atoms with Gasteiger partial charge in [0.2, 0.25) is 5.91 Å². The van der Waals surface area contributed by atoms with Crippen LogP contribution in [0.15, 0.2) is 71.9 Å². The summed E-state index contributed by atoms with van der Waals surface area (Å²) in [5, 5.41) is 2.73. The van der Waals surface area contributed by atoms with Gasteiger partial charge in [0.1, 0.15) is 0 Å². The second kappa shape index (κ2) is 9.03. The van der Waals surface area contributed by atoms with E-state index in [9.17, 15) is 18.0 Å². The van der Waals surface area contributed by atoms with E-state index in [2.05, 4.69) is 15.0 Å². The summed E-state index contributed by atoms with van der Waals surface area (Å²) >= 11 is 0. The molecule has 8 nitrogen and oxygen atoms in total. The number of anilines is 3. The van der Waals surface area contributed by atoms with Crippen LogP contribution >= 0.6 is 0 Å². The van der Waals surface area contributed by atoms with E-state index in [0.29, 0.717) is 35.6 Å². The first kappa shape index (κ1) is 22.5. The third-order valence-corrected chi connectivity index (χ3v) is 6.74. The van der Waals surface area contributed by atoms with Crippen molar-refractivity contribution >= 4 is 38.9 Å². The minimum atomic E-state index is -3.86. The summed E-state index contributed by atoms with van der Waals surface area (Å²) in [6, 6.07) is 14.6. The van der Waals surface area contributed by atoms with E-state index in [1.165, 1.54) is 18.3 Å². The Hall–Kier alpha value is -3.72. The van der Waals surface area contributed by atoms with Crippen LogP contribution in [0.5, 0.6) is 0 Å². The van der Waals surface area contributed by atoms with Crippen LogP contribution < -0.4 is 14.9 Å². The Labute approximate surface area is 192 Å². The monoisotopic (exact) mass is 464 g/mol. The van der Waals surface area contributed by atoms with E-state index >= 15 is 0 Å². The average molecular weight is 465 g/mol. The van der Waals surface area contributed by atoms with Crippen molar-refractivity contribution in [2.75, 3.05) is 21.5 Å². The molecule has 170 valence electrons. The maximum Gasteiger partial charge on any atom is 0.261 e.